The van der Waals surface area contributed by atoms with E-state index in [0.29, 0.717) is 6.54 Å². The monoisotopic (exact) mass is 209 g/mol. The molecule has 1 amide bonds. The molecule has 76 valence electrons. The van der Waals surface area contributed by atoms with E-state index in [2.05, 4.69) is 23.2 Å². The summed E-state index contributed by atoms with van der Waals surface area (Å²) in [6.45, 7) is 2.28. The van der Waals surface area contributed by atoms with E-state index >= 15 is 0 Å². The van der Waals surface area contributed by atoms with Gasteiger partial charge in [0, 0.05) is 6.54 Å². The molecule has 0 atom stereocenters. The van der Waals surface area contributed by atoms with Crippen LogP contribution in [0.3, 0.4) is 0 Å². The first-order chi connectivity index (χ1) is 6.83. The van der Waals surface area contributed by atoms with E-state index in [4.69, 9.17) is 0 Å². The maximum atomic E-state index is 11.0. The molecular formula is C11H15NOS. The molecule has 3 heteroatoms. The second-order valence-corrected chi connectivity index (χ2v) is 4.28. The topological polar surface area (TPSA) is 29.1 Å². The highest BCUT2D eigenvalue weighted by Crippen LogP contribution is 2.21. The Kier molecular flexibility index (Phi) is 5.24. The molecule has 0 spiro atoms. The van der Waals surface area contributed by atoms with Crippen molar-refractivity contribution in [2.75, 3.05) is 18.1 Å². The van der Waals surface area contributed by atoms with Gasteiger partial charge in [-0.2, -0.15) is 11.8 Å². The van der Waals surface area contributed by atoms with Crippen molar-refractivity contribution in [3.05, 3.63) is 11.6 Å². The molecule has 1 heterocycles. The standard InChI is InChI=1S/C11H15NOS/c1-2-3-11(13)12-7-4-10-5-8-14-9-6-10/h4H,5-9H2,1H3,(H,12,13). The average Bonchev–Trinajstić information content (AvgIpc) is 2.20. The molecular weight excluding hydrogens is 194 g/mol. The van der Waals surface area contributed by atoms with Gasteiger partial charge >= 0.3 is 0 Å². The summed E-state index contributed by atoms with van der Waals surface area (Å²) in [5, 5.41) is 2.74. The lowest BCUT2D eigenvalue weighted by Gasteiger charge is -2.12. The van der Waals surface area contributed by atoms with Crippen molar-refractivity contribution in [3.8, 4) is 11.8 Å². The van der Waals surface area contributed by atoms with E-state index in [0.717, 1.165) is 0 Å². The Morgan fingerprint density at radius 2 is 2.29 bits per heavy atom. The number of hydrogen-bond donors (Lipinski definition) is 1. The van der Waals surface area contributed by atoms with Crippen LogP contribution in [0.5, 0.6) is 0 Å². The molecule has 1 aliphatic heterocycles. The second kappa shape index (κ2) is 6.56. The molecule has 14 heavy (non-hydrogen) atoms. The predicted octanol–water partition coefficient (Wildman–Crippen LogP) is 1.58. The molecule has 1 rings (SSSR count). The number of thioether (sulfide) groups is 1. The smallest absolute Gasteiger partial charge is 0.296 e. The van der Waals surface area contributed by atoms with Crippen LogP contribution in [0.1, 0.15) is 19.8 Å². The molecule has 1 N–H and O–H groups in total. The van der Waals surface area contributed by atoms with Crippen LogP contribution < -0.4 is 5.32 Å². The molecule has 1 aliphatic rings. The SMILES string of the molecule is CC#CC(=O)NCC=C1CCSCC1. The van der Waals surface area contributed by atoms with Gasteiger partial charge in [0.15, 0.2) is 0 Å². The summed E-state index contributed by atoms with van der Waals surface area (Å²) < 4.78 is 0. The molecule has 0 aliphatic carbocycles. The molecule has 1 saturated heterocycles. The van der Waals surface area contributed by atoms with Crippen molar-refractivity contribution in [2.45, 2.75) is 19.8 Å². The van der Waals surface area contributed by atoms with Gasteiger partial charge in [-0.1, -0.05) is 17.6 Å². The highest BCUT2D eigenvalue weighted by Gasteiger charge is 2.04. The Bertz CT molecular complexity index is 277. The fourth-order valence-corrected chi connectivity index (χ4v) is 2.30. The predicted molar refractivity (Wildman–Crippen MR) is 61.1 cm³/mol. The van der Waals surface area contributed by atoms with Crippen molar-refractivity contribution in [1.29, 1.82) is 0 Å². The summed E-state index contributed by atoms with van der Waals surface area (Å²) in [6.07, 6.45) is 4.45. The summed E-state index contributed by atoms with van der Waals surface area (Å²) in [7, 11) is 0. The van der Waals surface area contributed by atoms with Crippen molar-refractivity contribution in [3.63, 3.8) is 0 Å². The fourth-order valence-electron chi connectivity index (χ4n) is 1.28. The van der Waals surface area contributed by atoms with Gasteiger partial charge in [-0.05, 0) is 37.2 Å². The van der Waals surface area contributed by atoms with E-state index in [1.807, 2.05) is 11.8 Å². The highest BCUT2D eigenvalue weighted by atomic mass is 32.2. The zero-order chi connectivity index (χ0) is 10.2. The quantitative estimate of drug-likeness (QED) is 0.552. The number of carbonyl (C=O) groups is 1. The number of rotatable bonds is 2. The lowest BCUT2D eigenvalue weighted by molar-refractivity contribution is -0.115. The Morgan fingerprint density at radius 1 is 1.57 bits per heavy atom. The number of nitrogens with one attached hydrogen (secondary N) is 1. The van der Waals surface area contributed by atoms with Gasteiger partial charge in [0.2, 0.25) is 0 Å². The van der Waals surface area contributed by atoms with Gasteiger partial charge < -0.3 is 5.32 Å². The normalized spacial score (nSPS) is 15.4. The van der Waals surface area contributed by atoms with E-state index in [1.54, 1.807) is 6.92 Å². The maximum absolute atomic E-state index is 11.0. The van der Waals surface area contributed by atoms with Crippen molar-refractivity contribution < 1.29 is 4.79 Å². The number of carbonyl (C=O) groups excluding carboxylic acids is 1. The number of hydrogen-bond acceptors (Lipinski definition) is 2. The van der Waals surface area contributed by atoms with E-state index < -0.39 is 0 Å². The summed E-state index contributed by atoms with van der Waals surface area (Å²) >= 11 is 2.00. The summed E-state index contributed by atoms with van der Waals surface area (Å²) in [5.74, 6) is 7.27. The van der Waals surface area contributed by atoms with Gasteiger partial charge in [-0.3, -0.25) is 4.79 Å². The van der Waals surface area contributed by atoms with Crippen LogP contribution in [-0.4, -0.2) is 24.0 Å². The Labute approximate surface area is 89.5 Å². The third-order valence-electron chi connectivity index (χ3n) is 2.03. The largest absolute Gasteiger partial charge is 0.342 e. The number of amides is 1. The molecule has 0 aromatic carbocycles. The Hall–Kier alpha value is -0.880. The molecule has 0 unspecified atom stereocenters. The summed E-state index contributed by atoms with van der Waals surface area (Å²) in [4.78, 5) is 11.0. The van der Waals surface area contributed by atoms with Gasteiger partial charge in [-0.15, -0.1) is 0 Å². The Morgan fingerprint density at radius 3 is 2.93 bits per heavy atom. The van der Waals surface area contributed by atoms with Gasteiger partial charge in [0.05, 0.1) is 0 Å². The molecule has 0 radical (unpaired) electrons. The van der Waals surface area contributed by atoms with Crippen LogP contribution in [0.4, 0.5) is 0 Å². The first kappa shape index (κ1) is 11.2. The van der Waals surface area contributed by atoms with E-state index in [-0.39, 0.29) is 5.91 Å². The molecule has 0 saturated carbocycles. The highest BCUT2D eigenvalue weighted by molar-refractivity contribution is 7.99. The second-order valence-electron chi connectivity index (χ2n) is 3.06. The summed E-state index contributed by atoms with van der Waals surface area (Å²) in [6, 6.07) is 0. The molecule has 0 bridgehead atoms. The van der Waals surface area contributed by atoms with Crippen LogP contribution in [0.25, 0.3) is 0 Å². The minimum Gasteiger partial charge on any atom is -0.342 e. The fraction of sp³-hybridized carbons (Fsp3) is 0.545. The maximum Gasteiger partial charge on any atom is 0.296 e. The van der Waals surface area contributed by atoms with Gasteiger partial charge in [-0.25, -0.2) is 0 Å². The van der Waals surface area contributed by atoms with Crippen molar-refractivity contribution in [2.24, 2.45) is 0 Å². The Balaban J connectivity index is 2.23. The molecule has 0 aromatic heterocycles. The van der Waals surface area contributed by atoms with E-state index in [1.165, 1.54) is 29.9 Å². The van der Waals surface area contributed by atoms with Crippen LogP contribution in [0, 0.1) is 11.8 Å². The minimum absolute atomic E-state index is 0.186. The first-order valence-corrected chi connectivity index (χ1v) is 5.94. The molecule has 0 aromatic rings. The third kappa shape index (κ3) is 4.38. The van der Waals surface area contributed by atoms with Crippen LogP contribution >= 0.6 is 11.8 Å². The third-order valence-corrected chi connectivity index (χ3v) is 3.01. The van der Waals surface area contributed by atoms with Crippen LogP contribution in [0.2, 0.25) is 0 Å². The van der Waals surface area contributed by atoms with E-state index in [9.17, 15) is 4.79 Å². The van der Waals surface area contributed by atoms with Gasteiger partial charge in [0.25, 0.3) is 5.91 Å². The van der Waals surface area contributed by atoms with Crippen LogP contribution in [-0.2, 0) is 4.79 Å². The molecule has 2 nitrogen and oxygen atoms in total. The minimum atomic E-state index is -0.186. The lowest BCUT2D eigenvalue weighted by atomic mass is 10.1. The lowest BCUT2D eigenvalue weighted by Crippen LogP contribution is -2.21. The van der Waals surface area contributed by atoms with Crippen LogP contribution in [0.15, 0.2) is 11.6 Å². The van der Waals surface area contributed by atoms with Crippen molar-refractivity contribution in [1.82, 2.24) is 5.32 Å². The summed E-state index contributed by atoms with van der Waals surface area (Å²) in [5.41, 5.74) is 1.47. The average molecular weight is 209 g/mol. The molecule has 1 fully saturated rings. The van der Waals surface area contributed by atoms with Crippen molar-refractivity contribution >= 4 is 17.7 Å². The zero-order valence-electron chi connectivity index (χ0n) is 8.43. The van der Waals surface area contributed by atoms with Gasteiger partial charge in [0.1, 0.15) is 0 Å². The zero-order valence-corrected chi connectivity index (χ0v) is 9.25. The first-order valence-electron chi connectivity index (χ1n) is 4.79. The number of allylic oxidation sites excluding steroid dienone is 1.